The summed E-state index contributed by atoms with van der Waals surface area (Å²) >= 11 is 0. The van der Waals surface area contributed by atoms with Gasteiger partial charge in [-0.05, 0) is 25.5 Å². The lowest BCUT2D eigenvalue weighted by Crippen LogP contribution is -2.55. The van der Waals surface area contributed by atoms with E-state index in [-0.39, 0.29) is 11.0 Å². The number of hydrogen-bond acceptors (Lipinski definition) is 4. The van der Waals surface area contributed by atoms with Gasteiger partial charge in [-0.2, -0.15) is 9.40 Å². The SMILES string of the molecule is CCCn1cc(S(=O)(=O)N2CC(Oc3ccc(C)cc3)C2)cn1. The molecule has 7 heteroatoms. The molecule has 2 heterocycles. The highest BCUT2D eigenvalue weighted by molar-refractivity contribution is 7.89. The van der Waals surface area contributed by atoms with Crippen molar-refractivity contribution in [2.75, 3.05) is 13.1 Å². The Balaban J connectivity index is 1.60. The molecule has 2 aromatic rings. The van der Waals surface area contributed by atoms with Crippen LogP contribution in [0.1, 0.15) is 18.9 Å². The van der Waals surface area contributed by atoms with Crippen molar-refractivity contribution in [3.05, 3.63) is 42.2 Å². The minimum absolute atomic E-state index is 0.0989. The molecule has 124 valence electrons. The highest BCUT2D eigenvalue weighted by atomic mass is 32.2. The van der Waals surface area contributed by atoms with Gasteiger partial charge >= 0.3 is 0 Å². The predicted octanol–water partition coefficient (Wildman–Crippen LogP) is 2.05. The van der Waals surface area contributed by atoms with Crippen molar-refractivity contribution in [3.63, 3.8) is 0 Å². The van der Waals surface area contributed by atoms with Crippen LogP contribution in [0.3, 0.4) is 0 Å². The van der Waals surface area contributed by atoms with Gasteiger partial charge in [-0.25, -0.2) is 8.42 Å². The van der Waals surface area contributed by atoms with E-state index in [4.69, 9.17) is 4.74 Å². The molecule has 23 heavy (non-hydrogen) atoms. The fourth-order valence-corrected chi connectivity index (χ4v) is 3.92. The molecule has 1 fully saturated rings. The average molecular weight is 335 g/mol. The van der Waals surface area contributed by atoms with Crippen LogP contribution in [0, 0.1) is 6.92 Å². The Kier molecular flexibility index (Phi) is 4.41. The maximum Gasteiger partial charge on any atom is 0.246 e. The maximum atomic E-state index is 12.5. The van der Waals surface area contributed by atoms with E-state index in [9.17, 15) is 8.42 Å². The highest BCUT2D eigenvalue weighted by Crippen LogP contribution is 2.24. The number of ether oxygens (including phenoxy) is 1. The first kappa shape index (κ1) is 16.0. The number of nitrogens with zero attached hydrogens (tertiary/aromatic N) is 3. The van der Waals surface area contributed by atoms with Crippen LogP contribution in [0.15, 0.2) is 41.6 Å². The Morgan fingerprint density at radius 3 is 2.61 bits per heavy atom. The lowest BCUT2D eigenvalue weighted by Gasteiger charge is -2.37. The van der Waals surface area contributed by atoms with Crippen LogP contribution >= 0.6 is 0 Å². The van der Waals surface area contributed by atoms with Crippen LogP contribution in [-0.2, 0) is 16.6 Å². The number of rotatable bonds is 6. The topological polar surface area (TPSA) is 64.4 Å². The molecule has 0 radical (unpaired) electrons. The molecule has 0 amide bonds. The Bertz CT molecular complexity index is 762. The molecule has 1 aliphatic rings. The Morgan fingerprint density at radius 2 is 1.96 bits per heavy atom. The van der Waals surface area contributed by atoms with Crippen molar-refractivity contribution in [2.45, 2.75) is 37.8 Å². The molecule has 0 spiro atoms. The second kappa shape index (κ2) is 6.33. The van der Waals surface area contributed by atoms with E-state index in [0.29, 0.717) is 19.6 Å². The third kappa shape index (κ3) is 3.40. The van der Waals surface area contributed by atoms with Gasteiger partial charge in [-0.1, -0.05) is 24.6 Å². The molecule has 0 N–H and O–H groups in total. The van der Waals surface area contributed by atoms with Crippen LogP contribution in [-0.4, -0.2) is 41.7 Å². The Hall–Kier alpha value is -1.86. The predicted molar refractivity (Wildman–Crippen MR) is 86.9 cm³/mol. The molecule has 0 unspecified atom stereocenters. The van der Waals surface area contributed by atoms with Gasteiger partial charge in [0, 0.05) is 12.7 Å². The van der Waals surface area contributed by atoms with Gasteiger partial charge in [-0.15, -0.1) is 0 Å². The van der Waals surface area contributed by atoms with Crippen molar-refractivity contribution in [1.29, 1.82) is 0 Å². The summed E-state index contributed by atoms with van der Waals surface area (Å²) < 4.78 is 33.9. The zero-order valence-corrected chi connectivity index (χ0v) is 14.2. The van der Waals surface area contributed by atoms with Crippen LogP contribution in [0.25, 0.3) is 0 Å². The molecule has 3 rings (SSSR count). The first-order chi connectivity index (χ1) is 11.0. The van der Waals surface area contributed by atoms with Gasteiger partial charge in [0.05, 0.1) is 19.3 Å². The summed E-state index contributed by atoms with van der Waals surface area (Å²) in [5.41, 5.74) is 1.17. The van der Waals surface area contributed by atoms with Crippen molar-refractivity contribution in [3.8, 4) is 5.75 Å². The van der Waals surface area contributed by atoms with E-state index in [1.165, 1.54) is 16.1 Å². The second-order valence-corrected chi connectivity index (χ2v) is 7.75. The monoisotopic (exact) mass is 335 g/mol. The Labute approximate surface area is 136 Å². The van der Waals surface area contributed by atoms with Crippen molar-refractivity contribution < 1.29 is 13.2 Å². The summed E-state index contributed by atoms with van der Waals surface area (Å²) in [6.45, 7) is 5.50. The number of aryl methyl sites for hydroxylation is 2. The Morgan fingerprint density at radius 1 is 1.26 bits per heavy atom. The first-order valence-electron chi connectivity index (χ1n) is 7.75. The summed E-state index contributed by atoms with van der Waals surface area (Å²) in [4.78, 5) is 0.250. The smallest absolute Gasteiger partial charge is 0.246 e. The standard InChI is InChI=1S/C16H21N3O3S/c1-3-8-18-12-16(9-17-18)23(20,21)19-10-15(11-19)22-14-6-4-13(2)5-7-14/h4-7,9,12,15H,3,8,10-11H2,1-2H3. The molecule has 1 aromatic carbocycles. The average Bonchev–Trinajstić information content (AvgIpc) is 2.94. The number of benzene rings is 1. The third-order valence-electron chi connectivity index (χ3n) is 3.84. The van der Waals surface area contributed by atoms with E-state index in [2.05, 4.69) is 5.10 Å². The second-order valence-electron chi connectivity index (χ2n) is 5.81. The van der Waals surface area contributed by atoms with Gasteiger partial charge in [0.25, 0.3) is 0 Å². The minimum atomic E-state index is -3.46. The molecule has 1 saturated heterocycles. The van der Waals surface area contributed by atoms with Gasteiger partial charge in [-0.3, -0.25) is 4.68 Å². The van der Waals surface area contributed by atoms with Crippen LogP contribution in [0.4, 0.5) is 0 Å². The number of hydrogen-bond donors (Lipinski definition) is 0. The lowest BCUT2D eigenvalue weighted by atomic mass is 10.2. The zero-order chi connectivity index (χ0) is 16.4. The molecule has 1 aliphatic heterocycles. The fourth-order valence-electron chi connectivity index (χ4n) is 2.46. The maximum absolute atomic E-state index is 12.5. The third-order valence-corrected chi connectivity index (χ3v) is 5.62. The largest absolute Gasteiger partial charge is 0.488 e. The van der Waals surface area contributed by atoms with Crippen molar-refractivity contribution in [2.24, 2.45) is 0 Å². The molecular weight excluding hydrogens is 314 g/mol. The fraction of sp³-hybridized carbons (Fsp3) is 0.438. The van der Waals surface area contributed by atoms with E-state index in [0.717, 1.165) is 12.2 Å². The van der Waals surface area contributed by atoms with Gasteiger partial charge in [0.2, 0.25) is 10.0 Å². The lowest BCUT2D eigenvalue weighted by molar-refractivity contribution is 0.0762. The summed E-state index contributed by atoms with van der Waals surface area (Å²) in [5, 5.41) is 4.09. The summed E-state index contributed by atoms with van der Waals surface area (Å²) in [6.07, 6.45) is 3.82. The van der Waals surface area contributed by atoms with E-state index in [1.807, 2.05) is 38.1 Å². The minimum Gasteiger partial charge on any atom is -0.488 e. The summed E-state index contributed by atoms with van der Waals surface area (Å²) in [7, 11) is -3.46. The molecule has 0 aliphatic carbocycles. The van der Waals surface area contributed by atoms with E-state index in [1.54, 1.807) is 10.9 Å². The normalized spacial score (nSPS) is 16.3. The van der Waals surface area contributed by atoms with Crippen molar-refractivity contribution in [1.82, 2.24) is 14.1 Å². The highest BCUT2D eigenvalue weighted by Gasteiger charge is 2.38. The van der Waals surface area contributed by atoms with Crippen molar-refractivity contribution >= 4 is 10.0 Å². The molecule has 1 aromatic heterocycles. The van der Waals surface area contributed by atoms with E-state index < -0.39 is 10.0 Å². The van der Waals surface area contributed by atoms with Gasteiger partial charge in [0.15, 0.2) is 0 Å². The van der Waals surface area contributed by atoms with Gasteiger partial charge in [0.1, 0.15) is 16.7 Å². The molecule has 6 nitrogen and oxygen atoms in total. The van der Waals surface area contributed by atoms with E-state index >= 15 is 0 Å². The number of sulfonamides is 1. The van der Waals surface area contributed by atoms with Crippen LogP contribution in [0.5, 0.6) is 5.75 Å². The molecule has 0 saturated carbocycles. The van der Waals surface area contributed by atoms with Crippen LogP contribution < -0.4 is 4.74 Å². The molecule has 0 atom stereocenters. The molecular formula is C16H21N3O3S. The zero-order valence-electron chi connectivity index (χ0n) is 13.3. The quantitative estimate of drug-likeness (QED) is 0.810. The van der Waals surface area contributed by atoms with Gasteiger partial charge < -0.3 is 4.74 Å². The molecule has 0 bridgehead atoms. The summed E-state index contributed by atoms with van der Waals surface area (Å²) in [5.74, 6) is 0.772. The van der Waals surface area contributed by atoms with Crippen LogP contribution in [0.2, 0.25) is 0 Å². The number of aromatic nitrogens is 2. The summed E-state index contributed by atoms with van der Waals surface area (Å²) in [6, 6.07) is 7.76. The first-order valence-corrected chi connectivity index (χ1v) is 9.19.